The average molecular weight is 500 g/mol. The highest BCUT2D eigenvalue weighted by atomic mass is 32.2. The zero-order valence-electron chi connectivity index (χ0n) is 19.1. The van der Waals surface area contributed by atoms with E-state index in [1.165, 1.54) is 11.8 Å². The summed E-state index contributed by atoms with van der Waals surface area (Å²) in [6.07, 6.45) is 0. The Balaban J connectivity index is 1.50. The van der Waals surface area contributed by atoms with Crippen LogP contribution >= 0.6 is 24.0 Å². The quantitative estimate of drug-likeness (QED) is 0.180. The van der Waals surface area contributed by atoms with Crippen LogP contribution in [-0.2, 0) is 4.79 Å². The minimum Gasteiger partial charge on any atom is -0.497 e. The summed E-state index contributed by atoms with van der Waals surface area (Å²) < 4.78 is 5.28. The highest BCUT2D eigenvalue weighted by Crippen LogP contribution is 2.37. The number of rotatable bonds is 8. The average Bonchev–Trinajstić information content (AvgIpc) is 2.88. The molecule has 0 saturated carbocycles. The Labute approximate surface area is 214 Å². The normalized spacial score (nSPS) is 11.2. The standard InChI is InChI=1S/C28H25N3O2S2/c1-33-24-16-8-14-22(18-24)29-27(32)26(20-10-4-2-5-11-20)35-25-17-9-15-23(19-25)31-28(34)30-21-12-6-3-7-13-21/h2-19,26H,1H3,(H,29,32)(H2,30,31,34). The van der Waals surface area contributed by atoms with E-state index >= 15 is 0 Å². The first-order valence-electron chi connectivity index (χ1n) is 11.0. The van der Waals surface area contributed by atoms with Crippen molar-refractivity contribution in [2.45, 2.75) is 10.1 Å². The number of para-hydroxylation sites is 1. The smallest absolute Gasteiger partial charge is 0.242 e. The molecule has 7 heteroatoms. The summed E-state index contributed by atoms with van der Waals surface area (Å²) in [4.78, 5) is 14.3. The van der Waals surface area contributed by atoms with E-state index < -0.39 is 5.25 Å². The highest BCUT2D eigenvalue weighted by molar-refractivity contribution is 8.00. The van der Waals surface area contributed by atoms with E-state index in [4.69, 9.17) is 17.0 Å². The molecule has 3 N–H and O–H groups in total. The van der Waals surface area contributed by atoms with Gasteiger partial charge in [-0.05, 0) is 60.2 Å². The molecule has 1 amide bonds. The fourth-order valence-electron chi connectivity index (χ4n) is 3.41. The second-order valence-corrected chi connectivity index (χ2v) is 9.19. The number of anilines is 3. The van der Waals surface area contributed by atoms with E-state index in [0.29, 0.717) is 16.5 Å². The molecule has 0 aliphatic heterocycles. The number of hydrogen-bond donors (Lipinski definition) is 3. The van der Waals surface area contributed by atoms with E-state index in [2.05, 4.69) is 16.0 Å². The van der Waals surface area contributed by atoms with Gasteiger partial charge in [0.05, 0.1) is 7.11 Å². The van der Waals surface area contributed by atoms with Crippen LogP contribution in [0.5, 0.6) is 5.75 Å². The number of ether oxygens (including phenoxy) is 1. The van der Waals surface area contributed by atoms with Crippen molar-refractivity contribution < 1.29 is 9.53 Å². The fraction of sp³-hybridized carbons (Fsp3) is 0.0714. The summed E-state index contributed by atoms with van der Waals surface area (Å²) in [6.45, 7) is 0. The molecule has 0 aliphatic carbocycles. The Bertz CT molecular complexity index is 1280. The van der Waals surface area contributed by atoms with Crippen LogP contribution in [0.3, 0.4) is 0 Å². The van der Waals surface area contributed by atoms with Gasteiger partial charge in [-0.1, -0.05) is 60.7 Å². The van der Waals surface area contributed by atoms with Crippen molar-refractivity contribution in [1.82, 2.24) is 0 Å². The molecule has 5 nitrogen and oxygen atoms in total. The molecule has 0 aromatic heterocycles. The maximum Gasteiger partial charge on any atom is 0.242 e. The van der Waals surface area contributed by atoms with Gasteiger partial charge in [-0.3, -0.25) is 4.79 Å². The van der Waals surface area contributed by atoms with Crippen LogP contribution in [0, 0.1) is 0 Å². The Morgan fingerprint density at radius 1 is 0.743 bits per heavy atom. The van der Waals surface area contributed by atoms with Crippen molar-refractivity contribution in [2.24, 2.45) is 0 Å². The molecule has 1 unspecified atom stereocenters. The molecule has 0 fully saturated rings. The minimum absolute atomic E-state index is 0.117. The molecular formula is C28H25N3O2S2. The fourth-order valence-corrected chi connectivity index (χ4v) is 4.73. The SMILES string of the molecule is COc1cccc(NC(=O)C(Sc2cccc(NC(=S)Nc3ccccc3)c2)c2ccccc2)c1. The van der Waals surface area contributed by atoms with Gasteiger partial charge in [0.25, 0.3) is 0 Å². The first-order valence-corrected chi connectivity index (χ1v) is 12.3. The summed E-state index contributed by atoms with van der Waals surface area (Å²) in [5, 5.41) is 9.45. The second-order valence-electron chi connectivity index (χ2n) is 7.60. The molecular weight excluding hydrogens is 474 g/mol. The Kier molecular flexibility index (Phi) is 8.38. The van der Waals surface area contributed by atoms with Crippen LogP contribution in [0.1, 0.15) is 10.8 Å². The van der Waals surface area contributed by atoms with Gasteiger partial charge in [-0.2, -0.15) is 0 Å². The first-order chi connectivity index (χ1) is 17.1. The minimum atomic E-state index is -0.452. The molecule has 0 radical (unpaired) electrons. The summed E-state index contributed by atoms with van der Waals surface area (Å²) in [6, 6.07) is 34.7. The second kappa shape index (κ2) is 12.1. The third-order valence-electron chi connectivity index (χ3n) is 5.06. The maximum atomic E-state index is 13.4. The monoisotopic (exact) mass is 499 g/mol. The number of nitrogens with one attached hydrogen (secondary N) is 3. The van der Waals surface area contributed by atoms with Crippen LogP contribution in [0.25, 0.3) is 0 Å². The van der Waals surface area contributed by atoms with Crippen LogP contribution in [0.4, 0.5) is 17.1 Å². The number of carbonyl (C=O) groups excluding carboxylic acids is 1. The third kappa shape index (κ3) is 7.09. The van der Waals surface area contributed by atoms with Crippen LogP contribution < -0.4 is 20.7 Å². The molecule has 0 spiro atoms. The highest BCUT2D eigenvalue weighted by Gasteiger charge is 2.22. The lowest BCUT2D eigenvalue weighted by Crippen LogP contribution is -2.19. The Hall–Kier alpha value is -3.81. The lowest BCUT2D eigenvalue weighted by atomic mass is 10.1. The lowest BCUT2D eigenvalue weighted by Gasteiger charge is -2.18. The van der Waals surface area contributed by atoms with E-state index in [-0.39, 0.29) is 5.91 Å². The number of amides is 1. The summed E-state index contributed by atoms with van der Waals surface area (Å²) in [5.41, 5.74) is 3.35. The number of benzene rings is 4. The first kappa shape index (κ1) is 24.3. The van der Waals surface area contributed by atoms with Gasteiger partial charge in [-0.25, -0.2) is 0 Å². The molecule has 0 saturated heterocycles. The van der Waals surface area contributed by atoms with E-state index in [9.17, 15) is 4.79 Å². The van der Waals surface area contributed by atoms with Gasteiger partial charge in [-0.15, -0.1) is 11.8 Å². The molecule has 176 valence electrons. The van der Waals surface area contributed by atoms with Gasteiger partial charge in [0.2, 0.25) is 5.91 Å². The van der Waals surface area contributed by atoms with E-state index in [1.807, 2.05) is 103 Å². The maximum absolute atomic E-state index is 13.4. The molecule has 35 heavy (non-hydrogen) atoms. The van der Waals surface area contributed by atoms with Crippen LogP contribution in [0.15, 0.2) is 114 Å². The van der Waals surface area contributed by atoms with Crippen molar-refractivity contribution in [3.05, 3.63) is 115 Å². The zero-order valence-corrected chi connectivity index (χ0v) is 20.7. The predicted octanol–water partition coefficient (Wildman–Crippen LogP) is 6.98. The summed E-state index contributed by atoms with van der Waals surface area (Å²) >= 11 is 6.93. The number of carbonyl (C=O) groups is 1. The zero-order chi connectivity index (χ0) is 24.5. The van der Waals surface area contributed by atoms with E-state index in [0.717, 1.165) is 21.8 Å². The van der Waals surface area contributed by atoms with Crippen molar-refractivity contribution in [3.63, 3.8) is 0 Å². The Morgan fingerprint density at radius 2 is 1.34 bits per heavy atom. The molecule has 4 rings (SSSR count). The molecule has 4 aromatic carbocycles. The van der Waals surface area contributed by atoms with Gasteiger partial charge in [0, 0.05) is 28.0 Å². The molecule has 0 aliphatic rings. The largest absolute Gasteiger partial charge is 0.497 e. The van der Waals surface area contributed by atoms with E-state index in [1.54, 1.807) is 13.2 Å². The van der Waals surface area contributed by atoms with Crippen molar-refractivity contribution in [1.29, 1.82) is 0 Å². The van der Waals surface area contributed by atoms with Gasteiger partial charge < -0.3 is 20.7 Å². The number of thiocarbonyl (C=S) groups is 1. The molecule has 1 atom stereocenters. The number of thioether (sulfide) groups is 1. The summed E-state index contributed by atoms with van der Waals surface area (Å²) in [7, 11) is 1.60. The lowest BCUT2D eigenvalue weighted by molar-refractivity contribution is -0.115. The number of hydrogen-bond acceptors (Lipinski definition) is 4. The number of methoxy groups -OCH3 is 1. The van der Waals surface area contributed by atoms with Gasteiger partial charge >= 0.3 is 0 Å². The third-order valence-corrected chi connectivity index (χ3v) is 6.51. The van der Waals surface area contributed by atoms with Gasteiger partial charge in [0.1, 0.15) is 11.0 Å². The molecule has 4 aromatic rings. The topological polar surface area (TPSA) is 62.4 Å². The molecule has 0 bridgehead atoms. The van der Waals surface area contributed by atoms with Crippen molar-refractivity contribution >= 4 is 52.1 Å². The van der Waals surface area contributed by atoms with Crippen molar-refractivity contribution in [2.75, 3.05) is 23.1 Å². The molecule has 0 heterocycles. The van der Waals surface area contributed by atoms with Crippen molar-refractivity contribution in [3.8, 4) is 5.75 Å². The summed E-state index contributed by atoms with van der Waals surface area (Å²) in [5.74, 6) is 0.569. The predicted molar refractivity (Wildman–Crippen MR) is 149 cm³/mol. The Morgan fingerprint density at radius 3 is 2.06 bits per heavy atom. The van der Waals surface area contributed by atoms with Gasteiger partial charge in [0.15, 0.2) is 5.11 Å². The van der Waals surface area contributed by atoms with Crippen LogP contribution in [-0.4, -0.2) is 18.1 Å². The van der Waals surface area contributed by atoms with Crippen LogP contribution in [0.2, 0.25) is 0 Å².